The van der Waals surface area contributed by atoms with E-state index in [4.69, 9.17) is 4.98 Å². The van der Waals surface area contributed by atoms with E-state index in [0.717, 1.165) is 64.7 Å². The van der Waals surface area contributed by atoms with E-state index in [-0.39, 0.29) is 11.9 Å². The second-order valence-electron chi connectivity index (χ2n) is 7.59. The Labute approximate surface area is 160 Å². The molecule has 4 rings (SSSR count). The first kappa shape index (κ1) is 17.7. The van der Waals surface area contributed by atoms with E-state index in [1.54, 1.807) is 6.20 Å². The highest BCUT2D eigenvalue weighted by Gasteiger charge is 2.30. The molecule has 3 aromatic rings. The number of aryl methyl sites for hydroxylation is 3. The van der Waals surface area contributed by atoms with E-state index >= 15 is 0 Å². The Morgan fingerprint density at radius 2 is 2.00 bits per heavy atom. The molecule has 4 heteroatoms. The fourth-order valence-electron chi connectivity index (χ4n) is 4.23. The van der Waals surface area contributed by atoms with E-state index in [1.807, 2.05) is 30.2 Å². The Morgan fingerprint density at radius 1 is 1.15 bits per heavy atom. The molecule has 4 nitrogen and oxygen atoms in total. The molecule has 27 heavy (non-hydrogen) atoms. The number of likely N-dealkylation sites (tertiary alicyclic amines) is 1. The maximum Gasteiger partial charge on any atom is 0.255 e. The van der Waals surface area contributed by atoms with Gasteiger partial charge in [-0.25, -0.2) is 0 Å². The topological polar surface area (TPSA) is 46.1 Å². The summed E-state index contributed by atoms with van der Waals surface area (Å²) in [6, 6.07) is 10.3. The van der Waals surface area contributed by atoms with Gasteiger partial charge in [0, 0.05) is 30.0 Å². The number of hydrogen-bond donors (Lipinski definition) is 0. The average Bonchev–Trinajstić information content (AvgIpc) is 2.68. The molecule has 138 valence electrons. The van der Waals surface area contributed by atoms with Crippen molar-refractivity contribution in [3.05, 3.63) is 70.7 Å². The monoisotopic (exact) mass is 359 g/mol. The van der Waals surface area contributed by atoms with Gasteiger partial charge in [0.15, 0.2) is 0 Å². The van der Waals surface area contributed by atoms with Gasteiger partial charge in [0.1, 0.15) is 0 Å². The van der Waals surface area contributed by atoms with Crippen LogP contribution in [0.4, 0.5) is 0 Å². The molecule has 3 heterocycles. The number of carbonyl (C=O) groups is 1. The van der Waals surface area contributed by atoms with Crippen LogP contribution in [0.15, 0.2) is 42.7 Å². The third kappa shape index (κ3) is 3.32. The van der Waals surface area contributed by atoms with Crippen molar-refractivity contribution in [2.24, 2.45) is 0 Å². The van der Waals surface area contributed by atoms with Gasteiger partial charge in [-0.1, -0.05) is 17.7 Å². The van der Waals surface area contributed by atoms with Crippen LogP contribution < -0.4 is 0 Å². The highest BCUT2D eigenvalue weighted by Crippen LogP contribution is 2.33. The van der Waals surface area contributed by atoms with Crippen LogP contribution in [0.1, 0.15) is 58.0 Å². The third-order valence-electron chi connectivity index (χ3n) is 5.44. The SMILES string of the molecule is Cc1cc(C)c2nc(C)cc(C(=O)N3CCCCC3c3cccnc3)c2c1. The van der Waals surface area contributed by atoms with Gasteiger partial charge in [0.05, 0.1) is 17.1 Å². The quantitative estimate of drug-likeness (QED) is 0.652. The van der Waals surface area contributed by atoms with Gasteiger partial charge in [-0.2, -0.15) is 0 Å². The van der Waals surface area contributed by atoms with E-state index in [9.17, 15) is 4.79 Å². The first-order valence-electron chi connectivity index (χ1n) is 9.64. The number of carbonyl (C=O) groups excluding carboxylic acids is 1. The lowest BCUT2D eigenvalue weighted by Gasteiger charge is -2.36. The molecular weight excluding hydrogens is 334 g/mol. The molecule has 0 radical (unpaired) electrons. The summed E-state index contributed by atoms with van der Waals surface area (Å²) in [5.74, 6) is 0.101. The van der Waals surface area contributed by atoms with E-state index in [1.165, 1.54) is 0 Å². The van der Waals surface area contributed by atoms with Crippen LogP contribution >= 0.6 is 0 Å². The highest BCUT2D eigenvalue weighted by atomic mass is 16.2. The number of fused-ring (bicyclic) bond motifs is 1. The molecule has 0 bridgehead atoms. The Bertz CT molecular complexity index is 997. The number of benzene rings is 1. The normalized spacial score (nSPS) is 17.3. The van der Waals surface area contributed by atoms with Crippen LogP contribution in [0, 0.1) is 20.8 Å². The third-order valence-corrected chi connectivity index (χ3v) is 5.44. The molecule has 1 amide bonds. The van der Waals surface area contributed by atoms with Crippen molar-refractivity contribution in [2.45, 2.75) is 46.1 Å². The van der Waals surface area contributed by atoms with Gasteiger partial charge in [-0.15, -0.1) is 0 Å². The fourth-order valence-corrected chi connectivity index (χ4v) is 4.23. The number of piperidine rings is 1. The predicted octanol–water partition coefficient (Wildman–Crippen LogP) is 4.92. The zero-order valence-electron chi connectivity index (χ0n) is 16.2. The molecule has 0 aliphatic carbocycles. The molecule has 1 aromatic carbocycles. The molecule has 1 saturated heterocycles. The second kappa shape index (κ2) is 7.10. The van der Waals surface area contributed by atoms with Crippen molar-refractivity contribution in [1.29, 1.82) is 0 Å². The van der Waals surface area contributed by atoms with Gasteiger partial charge in [-0.05, 0) is 69.4 Å². The van der Waals surface area contributed by atoms with Gasteiger partial charge in [0.25, 0.3) is 5.91 Å². The number of hydrogen-bond acceptors (Lipinski definition) is 3. The molecule has 0 saturated carbocycles. The Morgan fingerprint density at radius 3 is 2.78 bits per heavy atom. The lowest BCUT2D eigenvalue weighted by atomic mass is 9.94. The molecule has 1 fully saturated rings. The summed E-state index contributed by atoms with van der Waals surface area (Å²) in [6.07, 6.45) is 6.84. The lowest BCUT2D eigenvalue weighted by Crippen LogP contribution is -2.38. The summed E-state index contributed by atoms with van der Waals surface area (Å²) in [5, 5.41) is 0.957. The minimum absolute atomic E-state index is 0.0920. The number of aromatic nitrogens is 2. The molecule has 0 N–H and O–H groups in total. The minimum Gasteiger partial charge on any atom is -0.332 e. The molecule has 1 aliphatic heterocycles. The van der Waals surface area contributed by atoms with Crippen LogP contribution in [0.5, 0.6) is 0 Å². The van der Waals surface area contributed by atoms with Crippen LogP contribution in [-0.2, 0) is 0 Å². The standard InChI is InChI=1S/C23H25N3O/c1-15-11-16(2)22-19(12-15)20(13-17(3)25-22)23(27)26-10-5-4-8-21(26)18-7-6-9-24-14-18/h6-7,9,11-14,21H,4-5,8,10H2,1-3H3. The number of rotatable bonds is 2. The maximum atomic E-state index is 13.7. The average molecular weight is 359 g/mol. The van der Waals surface area contributed by atoms with Gasteiger partial charge >= 0.3 is 0 Å². The smallest absolute Gasteiger partial charge is 0.255 e. The Kier molecular flexibility index (Phi) is 4.65. The van der Waals surface area contributed by atoms with Crippen molar-refractivity contribution in [3.8, 4) is 0 Å². The first-order valence-corrected chi connectivity index (χ1v) is 9.64. The molecule has 0 spiro atoms. The highest BCUT2D eigenvalue weighted by molar-refractivity contribution is 6.07. The van der Waals surface area contributed by atoms with Crippen molar-refractivity contribution in [1.82, 2.24) is 14.9 Å². The van der Waals surface area contributed by atoms with Crippen molar-refractivity contribution < 1.29 is 4.79 Å². The molecule has 2 aromatic heterocycles. The zero-order valence-corrected chi connectivity index (χ0v) is 16.2. The van der Waals surface area contributed by atoms with Gasteiger partial charge in [0.2, 0.25) is 0 Å². The van der Waals surface area contributed by atoms with Crippen LogP contribution in [0.3, 0.4) is 0 Å². The predicted molar refractivity (Wildman–Crippen MR) is 108 cm³/mol. The van der Waals surface area contributed by atoms with Crippen molar-refractivity contribution >= 4 is 16.8 Å². The summed E-state index contributed by atoms with van der Waals surface area (Å²) in [7, 11) is 0. The maximum absolute atomic E-state index is 13.7. The summed E-state index contributed by atoms with van der Waals surface area (Å²) in [5.41, 5.74) is 5.96. The van der Waals surface area contributed by atoms with Crippen LogP contribution in [-0.4, -0.2) is 27.3 Å². The first-order chi connectivity index (χ1) is 13.0. The molecule has 1 aliphatic rings. The Balaban J connectivity index is 1.82. The minimum atomic E-state index is 0.0920. The Hall–Kier alpha value is -2.75. The van der Waals surface area contributed by atoms with Gasteiger partial charge in [-0.3, -0.25) is 14.8 Å². The lowest BCUT2D eigenvalue weighted by molar-refractivity contribution is 0.0613. The van der Waals surface area contributed by atoms with Crippen LogP contribution in [0.2, 0.25) is 0 Å². The summed E-state index contributed by atoms with van der Waals surface area (Å²) < 4.78 is 0. The van der Waals surface area contributed by atoms with Gasteiger partial charge < -0.3 is 4.90 Å². The number of pyridine rings is 2. The van der Waals surface area contributed by atoms with E-state index in [2.05, 4.69) is 37.0 Å². The van der Waals surface area contributed by atoms with Crippen molar-refractivity contribution in [2.75, 3.05) is 6.54 Å². The fraction of sp³-hybridized carbons (Fsp3) is 0.348. The number of nitrogens with zero attached hydrogens (tertiary/aromatic N) is 3. The van der Waals surface area contributed by atoms with Crippen molar-refractivity contribution in [3.63, 3.8) is 0 Å². The number of amides is 1. The molecular formula is C23H25N3O. The largest absolute Gasteiger partial charge is 0.332 e. The molecule has 1 unspecified atom stereocenters. The summed E-state index contributed by atoms with van der Waals surface area (Å²) in [6.45, 7) is 6.88. The summed E-state index contributed by atoms with van der Waals surface area (Å²) in [4.78, 5) is 24.7. The summed E-state index contributed by atoms with van der Waals surface area (Å²) >= 11 is 0. The van der Waals surface area contributed by atoms with E-state index < -0.39 is 0 Å². The molecule has 1 atom stereocenters. The zero-order chi connectivity index (χ0) is 19.0. The van der Waals surface area contributed by atoms with E-state index in [0.29, 0.717) is 0 Å². The second-order valence-corrected chi connectivity index (χ2v) is 7.59. The van der Waals surface area contributed by atoms with Crippen LogP contribution in [0.25, 0.3) is 10.9 Å².